The molecule has 0 radical (unpaired) electrons. The highest BCUT2D eigenvalue weighted by Crippen LogP contribution is 2.53. The van der Waals surface area contributed by atoms with Gasteiger partial charge < -0.3 is 4.57 Å². The van der Waals surface area contributed by atoms with Crippen molar-refractivity contribution >= 4 is 29.4 Å². The second-order valence-electron chi connectivity index (χ2n) is 16.4. The summed E-state index contributed by atoms with van der Waals surface area (Å²) in [4.78, 5) is 0. The summed E-state index contributed by atoms with van der Waals surface area (Å²) in [6.45, 7) is 29.1. The molecule has 7 rings (SSSR count). The fraction of sp³-hybridized carbons (Fsp3) is 0.222. The minimum atomic E-state index is -0.197. The predicted molar refractivity (Wildman–Crippen MR) is 242 cm³/mol. The van der Waals surface area contributed by atoms with Crippen molar-refractivity contribution in [3.05, 3.63) is 202 Å². The maximum atomic E-state index is 4.56. The van der Waals surface area contributed by atoms with Crippen molar-refractivity contribution in [3.8, 4) is 16.8 Å². The van der Waals surface area contributed by atoms with E-state index in [4.69, 9.17) is 0 Å². The zero-order chi connectivity index (χ0) is 39.1. The normalized spacial score (nSPS) is 18.5. The molecule has 0 spiro atoms. The molecule has 0 N–H and O–H groups in total. The SMILES string of the molecule is C=C/C(=C\C=C/C)C(=C)/C=C1\C/C(=C(\C)c2ccccc2)C(C)(C)c2cc3c(cc21)C(C)(C)Cc1cc(-n2c(C=C)c(/C=C\C)c4c2C=CC=CC4)ccc1-3. The Labute approximate surface area is 330 Å². The minimum absolute atomic E-state index is 0.0782. The number of hydrogen-bond donors (Lipinski definition) is 0. The molecule has 4 aromatic rings. The van der Waals surface area contributed by atoms with Gasteiger partial charge in [-0.25, -0.2) is 0 Å². The monoisotopic (exact) mass is 717 g/mol. The molecule has 55 heavy (non-hydrogen) atoms. The number of rotatable bonds is 8. The number of nitrogens with zero attached hydrogens (tertiary/aromatic N) is 1. The van der Waals surface area contributed by atoms with Crippen LogP contribution in [0.5, 0.6) is 0 Å². The van der Waals surface area contributed by atoms with Gasteiger partial charge in [0.25, 0.3) is 0 Å². The molecule has 0 atom stereocenters. The largest absolute Gasteiger partial charge is 0.310 e. The molecule has 0 saturated carbocycles. The summed E-state index contributed by atoms with van der Waals surface area (Å²) < 4.78 is 2.41. The van der Waals surface area contributed by atoms with E-state index in [2.05, 4.69) is 181 Å². The van der Waals surface area contributed by atoms with Crippen LogP contribution in [0.2, 0.25) is 0 Å². The number of allylic oxidation sites excluding steroid dienone is 14. The average molecular weight is 718 g/mol. The molecule has 3 aliphatic carbocycles. The van der Waals surface area contributed by atoms with Gasteiger partial charge in [0.05, 0.1) is 11.4 Å². The Hall–Kier alpha value is -5.66. The average Bonchev–Trinajstić information content (AvgIpc) is 3.28. The lowest BCUT2D eigenvalue weighted by Gasteiger charge is -2.42. The highest BCUT2D eigenvalue weighted by molar-refractivity contribution is 5.88. The minimum Gasteiger partial charge on any atom is -0.310 e. The van der Waals surface area contributed by atoms with Gasteiger partial charge in [-0.1, -0.05) is 150 Å². The van der Waals surface area contributed by atoms with Crippen LogP contribution in [-0.4, -0.2) is 4.57 Å². The van der Waals surface area contributed by atoms with E-state index in [-0.39, 0.29) is 10.8 Å². The summed E-state index contributed by atoms with van der Waals surface area (Å²) in [6.07, 6.45) is 28.4. The van der Waals surface area contributed by atoms with Crippen molar-refractivity contribution in [2.24, 2.45) is 0 Å². The molecule has 1 nitrogen and oxygen atoms in total. The van der Waals surface area contributed by atoms with Crippen molar-refractivity contribution in [1.29, 1.82) is 0 Å². The third kappa shape index (κ3) is 6.61. The van der Waals surface area contributed by atoms with Crippen LogP contribution in [0, 0.1) is 0 Å². The van der Waals surface area contributed by atoms with Crippen LogP contribution in [0.1, 0.15) is 105 Å². The first-order chi connectivity index (χ1) is 26.4. The van der Waals surface area contributed by atoms with Crippen LogP contribution in [0.15, 0.2) is 152 Å². The molecule has 0 aliphatic heterocycles. The van der Waals surface area contributed by atoms with Crippen LogP contribution in [0.3, 0.4) is 0 Å². The fourth-order valence-corrected chi connectivity index (χ4v) is 9.24. The Kier molecular flexibility index (Phi) is 10.2. The summed E-state index contributed by atoms with van der Waals surface area (Å²) in [5.74, 6) is 0. The highest BCUT2D eigenvalue weighted by atomic mass is 15.0. The van der Waals surface area contributed by atoms with Gasteiger partial charge >= 0.3 is 0 Å². The van der Waals surface area contributed by atoms with E-state index in [0.29, 0.717) is 0 Å². The van der Waals surface area contributed by atoms with Gasteiger partial charge in [0.15, 0.2) is 0 Å². The van der Waals surface area contributed by atoms with Crippen molar-refractivity contribution in [2.75, 3.05) is 0 Å². The van der Waals surface area contributed by atoms with Crippen LogP contribution in [0.25, 0.3) is 46.2 Å². The smallest absolute Gasteiger partial charge is 0.0531 e. The van der Waals surface area contributed by atoms with Crippen molar-refractivity contribution in [2.45, 2.75) is 78.6 Å². The highest BCUT2D eigenvalue weighted by Gasteiger charge is 2.40. The van der Waals surface area contributed by atoms with E-state index < -0.39 is 0 Å². The van der Waals surface area contributed by atoms with E-state index in [0.717, 1.165) is 36.1 Å². The molecule has 0 saturated heterocycles. The zero-order valence-electron chi connectivity index (χ0n) is 33.9. The third-order valence-electron chi connectivity index (χ3n) is 12.1. The Bertz CT molecular complexity index is 2450. The molecular formula is C54H55N. The third-order valence-corrected chi connectivity index (χ3v) is 12.1. The van der Waals surface area contributed by atoms with Gasteiger partial charge in [0.1, 0.15) is 0 Å². The van der Waals surface area contributed by atoms with Crippen LogP contribution in [0.4, 0.5) is 0 Å². The number of aromatic nitrogens is 1. The van der Waals surface area contributed by atoms with Gasteiger partial charge in [0, 0.05) is 16.7 Å². The number of fused-ring (bicyclic) bond motifs is 5. The predicted octanol–water partition coefficient (Wildman–Crippen LogP) is 14.6. The Morgan fingerprint density at radius 1 is 0.855 bits per heavy atom. The fourth-order valence-electron chi connectivity index (χ4n) is 9.24. The second-order valence-corrected chi connectivity index (χ2v) is 16.4. The zero-order valence-corrected chi connectivity index (χ0v) is 33.9. The molecule has 1 heterocycles. The molecule has 0 unspecified atom stereocenters. The topological polar surface area (TPSA) is 4.93 Å². The van der Waals surface area contributed by atoms with E-state index in [1.165, 1.54) is 78.2 Å². The van der Waals surface area contributed by atoms with Crippen molar-refractivity contribution < 1.29 is 0 Å². The van der Waals surface area contributed by atoms with Gasteiger partial charge in [-0.2, -0.15) is 0 Å². The van der Waals surface area contributed by atoms with Gasteiger partial charge in [-0.05, 0) is 149 Å². The summed E-state index contributed by atoms with van der Waals surface area (Å²) in [5.41, 5.74) is 21.4. The Morgan fingerprint density at radius 3 is 2.33 bits per heavy atom. The van der Waals surface area contributed by atoms with E-state index in [9.17, 15) is 0 Å². The number of hydrogen-bond acceptors (Lipinski definition) is 0. The van der Waals surface area contributed by atoms with Gasteiger partial charge in [-0.15, -0.1) is 0 Å². The molecule has 0 bridgehead atoms. The number of benzene rings is 3. The Balaban J connectivity index is 1.45. The van der Waals surface area contributed by atoms with E-state index >= 15 is 0 Å². The van der Waals surface area contributed by atoms with E-state index in [1.807, 2.05) is 25.2 Å². The summed E-state index contributed by atoms with van der Waals surface area (Å²) in [7, 11) is 0. The van der Waals surface area contributed by atoms with Crippen LogP contribution >= 0.6 is 0 Å². The Morgan fingerprint density at radius 2 is 1.62 bits per heavy atom. The maximum absolute atomic E-state index is 4.56. The van der Waals surface area contributed by atoms with Crippen LogP contribution < -0.4 is 0 Å². The molecule has 1 aromatic heterocycles. The summed E-state index contributed by atoms with van der Waals surface area (Å²) in [5, 5.41) is 0. The summed E-state index contributed by atoms with van der Waals surface area (Å²) in [6, 6.07) is 23.1. The van der Waals surface area contributed by atoms with Crippen LogP contribution in [-0.2, 0) is 23.7 Å². The first kappa shape index (κ1) is 37.6. The standard InChI is InChI=1S/C54H55N/c1-11-15-23-38(13-3)36(5)30-40-32-48(37(6)39-24-18-16-19-25-39)54(9,10)50-34-47-43-29-28-42(31-41(43)35-53(7,8)49(47)33-46(40)50)55-51(14-4)44(22-12-2)45-26-20-17-21-27-52(45)55/h11-25,27-31,33-34H,3-5,26,32,35H2,1-2,6-10H3/b15-11-,22-12-,38-23+,40-30+,48-37-. The maximum Gasteiger partial charge on any atom is 0.0531 e. The lowest BCUT2D eigenvalue weighted by Crippen LogP contribution is -2.31. The van der Waals surface area contributed by atoms with E-state index in [1.54, 1.807) is 0 Å². The molecule has 1 heteroatoms. The lowest BCUT2D eigenvalue weighted by molar-refractivity contribution is 0.515. The first-order valence-electron chi connectivity index (χ1n) is 19.7. The van der Waals surface area contributed by atoms with Gasteiger partial charge in [0.2, 0.25) is 0 Å². The molecule has 3 aromatic carbocycles. The quantitative estimate of drug-likeness (QED) is 0.160. The first-order valence-corrected chi connectivity index (χ1v) is 19.7. The molecular weight excluding hydrogens is 663 g/mol. The molecule has 0 fully saturated rings. The molecule has 3 aliphatic rings. The lowest BCUT2D eigenvalue weighted by atomic mass is 9.62. The molecule has 0 amide bonds. The molecule has 276 valence electrons. The van der Waals surface area contributed by atoms with Gasteiger partial charge in [-0.3, -0.25) is 0 Å². The van der Waals surface area contributed by atoms with Crippen molar-refractivity contribution in [3.63, 3.8) is 0 Å². The summed E-state index contributed by atoms with van der Waals surface area (Å²) >= 11 is 0. The van der Waals surface area contributed by atoms with Crippen molar-refractivity contribution in [1.82, 2.24) is 4.57 Å². The second kappa shape index (κ2) is 14.9.